The van der Waals surface area contributed by atoms with E-state index in [0.29, 0.717) is 21.1 Å². The van der Waals surface area contributed by atoms with Gasteiger partial charge in [0.05, 0.1) is 11.5 Å². The molecular formula is C26H22N6O7S3. The van der Waals surface area contributed by atoms with E-state index >= 15 is 0 Å². The number of carboxylic acids is 1. The Morgan fingerprint density at radius 3 is 2.55 bits per heavy atom. The lowest BCUT2D eigenvalue weighted by atomic mass is 9.99. The van der Waals surface area contributed by atoms with Crippen molar-refractivity contribution in [3.63, 3.8) is 0 Å². The number of carboxylic acid groups (broad SMARTS) is 1. The lowest BCUT2D eigenvalue weighted by molar-refractivity contribution is -0.150. The van der Waals surface area contributed by atoms with Crippen molar-refractivity contribution >= 4 is 63.9 Å². The number of amides is 3. The molecule has 3 aromatic rings. The fraction of sp³-hybridized carbons (Fsp3) is 0.231. The summed E-state index contributed by atoms with van der Waals surface area (Å²) in [7, 11) is 0. The molecule has 2 aliphatic rings. The summed E-state index contributed by atoms with van der Waals surface area (Å²) in [6, 6.07) is 4.95. The molecule has 13 nitrogen and oxygen atoms in total. The number of H-pyrrole nitrogens is 1. The number of thioether (sulfide) groups is 1. The molecule has 2 unspecified atom stereocenters. The van der Waals surface area contributed by atoms with Crippen LogP contribution in [0.25, 0.3) is 0 Å². The lowest BCUT2D eigenvalue weighted by Crippen LogP contribution is -2.71. The van der Waals surface area contributed by atoms with E-state index in [-0.39, 0.29) is 34.1 Å². The summed E-state index contributed by atoms with van der Waals surface area (Å²) in [4.78, 5) is 68.1. The number of aryl methyl sites for hydroxylation is 1. The van der Waals surface area contributed by atoms with Crippen LogP contribution in [0.2, 0.25) is 0 Å². The molecule has 2 aromatic heterocycles. The number of aromatic amines is 1. The summed E-state index contributed by atoms with van der Waals surface area (Å²) in [6.45, 7) is 1.50. The summed E-state index contributed by atoms with van der Waals surface area (Å²) in [5, 5.41) is 32.8. The Hall–Kier alpha value is -4.25. The molecule has 0 saturated carbocycles. The molecule has 5 rings (SSSR count). The summed E-state index contributed by atoms with van der Waals surface area (Å²) in [6.07, 6.45) is 2.57. The first-order valence-corrected chi connectivity index (χ1v) is 14.6. The molecule has 0 bridgehead atoms. The van der Waals surface area contributed by atoms with Crippen LogP contribution in [-0.2, 0) is 21.0 Å². The molecule has 42 heavy (non-hydrogen) atoms. The van der Waals surface area contributed by atoms with E-state index in [1.54, 1.807) is 19.1 Å². The van der Waals surface area contributed by atoms with Crippen LogP contribution in [0.3, 0.4) is 0 Å². The number of pyridine rings is 1. The van der Waals surface area contributed by atoms with Gasteiger partial charge >= 0.3 is 5.97 Å². The number of carbonyl (C=O) groups excluding carboxylic acids is 3. The standard InChI is InChI=1S/C26H22N6O7S3/c1-11-30-31-23(42-11)20(40)15-10-41-25-18(24(37)32(25)19(15)26(38)39)29-22(36)17(13-4-2-12(9-33)3-5-13)28-21(35)14-8-27-7-6-16(14)34/h2-8,17-18,25,33H,9-10H2,1H3,(H,27,34)(H,28,35)(H,29,36)(H,38,39)/t17?,18?,25-/m0/s1. The van der Waals surface area contributed by atoms with E-state index in [2.05, 4.69) is 25.8 Å². The number of hydrogen-bond donors (Lipinski definition) is 5. The minimum atomic E-state index is -1.35. The van der Waals surface area contributed by atoms with Gasteiger partial charge in [-0.2, -0.15) is 0 Å². The highest BCUT2D eigenvalue weighted by Gasteiger charge is 2.55. The first-order valence-electron chi connectivity index (χ1n) is 12.3. The number of aliphatic carboxylic acids is 1. The highest BCUT2D eigenvalue weighted by atomic mass is 32.2. The van der Waals surface area contributed by atoms with E-state index in [1.807, 2.05) is 0 Å². The van der Waals surface area contributed by atoms with Crippen LogP contribution in [0, 0.1) is 6.92 Å². The van der Waals surface area contributed by atoms with Crippen molar-refractivity contribution in [1.29, 1.82) is 0 Å². The molecule has 16 heteroatoms. The van der Waals surface area contributed by atoms with Crippen molar-refractivity contribution < 1.29 is 29.4 Å². The minimum Gasteiger partial charge on any atom is -0.477 e. The van der Waals surface area contributed by atoms with Crippen molar-refractivity contribution in [2.75, 3.05) is 5.75 Å². The van der Waals surface area contributed by atoms with Gasteiger partial charge in [-0.25, -0.2) is 4.79 Å². The first-order chi connectivity index (χ1) is 20.1. The Kier molecular flexibility index (Phi) is 8.31. The number of aliphatic hydroxyl groups is 1. The van der Waals surface area contributed by atoms with Gasteiger partial charge in [0.15, 0.2) is 10.4 Å². The Morgan fingerprint density at radius 2 is 1.93 bits per heavy atom. The maximum absolute atomic E-state index is 13.5. The van der Waals surface area contributed by atoms with Crippen LogP contribution in [0.5, 0.6) is 0 Å². The van der Waals surface area contributed by atoms with Gasteiger partial charge in [-0.1, -0.05) is 47.8 Å². The Labute approximate surface area is 251 Å². The van der Waals surface area contributed by atoms with Crippen LogP contribution in [0.15, 0.2) is 58.8 Å². The van der Waals surface area contributed by atoms with E-state index in [4.69, 9.17) is 12.2 Å². The Bertz CT molecular complexity index is 1700. The van der Waals surface area contributed by atoms with Gasteiger partial charge in [-0.05, 0) is 18.1 Å². The van der Waals surface area contributed by atoms with Crippen molar-refractivity contribution in [3.8, 4) is 0 Å². The molecule has 2 aliphatic heterocycles. The van der Waals surface area contributed by atoms with E-state index < -0.39 is 46.6 Å². The molecule has 0 aliphatic carbocycles. The van der Waals surface area contributed by atoms with Crippen molar-refractivity contribution in [3.05, 3.63) is 90.9 Å². The number of aromatic nitrogens is 3. The fourth-order valence-electron chi connectivity index (χ4n) is 4.47. The molecule has 4 heterocycles. The minimum absolute atomic E-state index is 0.152. The monoisotopic (exact) mass is 626 g/mol. The average Bonchev–Trinajstić information content (AvgIpc) is 3.43. The van der Waals surface area contributed by atoms with Crippen molar-refractivity contribution in [1.82, 2.24) is 30.7 Å². The molecule has 5 N–H and O–H groups in total. The first kappa shape index (κ1) is 29.2. The van der Waals surface area contributed by atoms with Gasteiger partial charge in [0.2, 0.25) is 5.91 Å². The topological polar surface area (TPSA) is 195 Å². The normalized spacial score (nSPS) is 18.5. The molecule has 216 valence electrons. The highest BCUT2D eigenvalue weighted by molar-refractivity contribution is 8.00. The van der Waals surface area contributed by atoms with Crippen LogP contribution in [0.4, 0.5) is 0 Å². The number of aliphatic hydroxyl groups excluding tert-OH is 1. The molecule has 1 aromatic carbocycles. The second-order valence-corrected chi connectivity index (χ2v) is 11.9. The largest absolute Gasteiger partial charge is 0.477 e. The molecule has 3 amide bonds. The molecule has 0 spiro atoms. The second kappa shape index (κ2) is 11.9. The molecule has 0 radical (unpaired) electrons. The number of β-lactam (4-membered cyclic amide) rings is 1. The van der Waals surface area contributed by atoms with Crippen molar-refractivity contribution in [2.24, 2.45) is 0 Å². The molecule has 1 saturated heterocycles. The third-order valence-electron chi connectivity index (χ3n) is 6.56. The molecular weight excluding hydrogens is 605 g/mol. The van der Waals surface area contributed by atoms with Crippen LogP contribution < -0.4 is 16.1 Å². The number of hydrogen-bond acceptors (Lipinski definition) is 11. The Morgan fingerprint density at radius 1 is 1.19 bits per heavy atom. The average molecular weight is 627 g/mol. The van der Waals surface area contributed by atoms with E-state index in [1.165, 1.54) is 53.7 Å². The van der Waals surface area contributed by atoms with Gasteiger partial charge in [0, 0.05) is 29.8 Å². The predicted octanol–water partition coefficient (Wildman–Crippen LogP) is 0.655. The lowest BCUT2D eigenvalue weighted by Gasteiger charge is -2.49. The predicted molar refractivity (Wildman–Crippen MR) is 156 cm³/mol. The smallest absolute Gasteiger partial charge is 0.353 e. The number of rotatable bonds is 9. The number of fused-ring (bicyclic) bond motifs is 1. The van der Waals surface area contributed by atoms with Gasteiger partial charge < -0.3 is 25.8 Å². The number of thiocarbonyl (C=S) groups is 1. The number of nitrogens with one attached hydrogen (secondary N) is 3. The van der Waals surface area contributed by atoms with E-state index in [9.17, 15) is 34.2 Å². The summed E-state index contributed by atoms with van der Waals surface area (Å²) >= 11 is 7.92. The quantitative estimate of drug-likeness (QED) is 0.127. The van der Waals surface area contributed by atoms with Gasteiger partial charge in [-0.3, -0.25) is 24.1 Å². The zero-order valence-electron chi connectivity index (χ0n) is 21.7. The third-order valence-corrected chi connectivity index (χ3v) is 9.27. The molecule has 1 fully saturated rings. The third kappa shape index (κ3) is 5.48. The zero-order valence-corrected chi connectivity index (χ0v) is 24.1. The number of nitrogens with zero attached hydrogens (tertiary/aromatic N) is 3. The van der Waals surface area contributed by atoms with Crippen LogP contribution >= 0.6 is 35.3 Å². The summed E-state index contributed by atoms with van der Waals surface area (Å²) in [5.74, 6) is -3.43. The SMILES string of the molecule is Cc1nnc(C(=S)C2=C(C(=O)O)N3C(=O)C(NC(=O)C(NC(=O)c4c[nH]ccc4=O)c4ccc(CO)cc4)[C@@H]3SC2)s1. The summed E-state index contributed by atoms with van der Waals surface area (Å²) in [5.41, 5.74) is 0.0975. The number of carbonyl (C=O) groups is 4. The van der Waals surface area contributed by atoms with Gasteiger partial charge in [0.1, 0.15) is 33.7 Å². The summed E-state index contributed by atoms with van der Waals surface area (Å²) < 4.78 is 0. The second-order valence-electron chi connectivity index (χ2n) is 9.21. The van der Waals surface area contributed by atoms with Crippen LogP contribution in [0.1, 0.15) is 37.5 Å². The van der Waals surface area contributed by atoms with Crippen LogP contribution in [-0.4, -0.2) is 76.0 Å². The van der Waals surface area contributed by atoms with Gasteiger partial charge in [0.25, 0.3) is 11.8 Å². The van der Waals surface area contributed by atoms with E-state index in [0.717, 1.165) is 4.90 Å². The molecule has 3 atom stereocenters. The maximum atomic E-state index is 13.5. The van der Waals surface area contributed by atoms with Crippen molar-refractivity contribution in [2.45, 2.75) is 31.0 Å². The number of benzene rings is 1. The zero-order chi connectivity index (χ0) is 30.1. The highest BCUT2D eigenvalue weighted by Crippen LogP contribution is 2.41. The van der Waals surface area contributed by atoms with Gasteiger partial charge in [-0.15, -0.1) is 22.0 Å². The Balaban J connectivity index is 1.39. The fourth-order valence-corrected chi connectivity index (χ4v) is 6.90. The maximum Gasteiger partial charge on any atom is 0.353 e.